The number of fused-ring (bicyclic) bond motifs is 1. The Morgan fingerprint density at radius 1 is 1.32 bits per heavy atom. The minimum atomic E-state index is -4.47. The molecule has 172 valence electrons. The van der Waals surface area contributed by atoms with E-state index >= 15 is 0 Å². The van der Waals surface area contributed by atoms with Crippen LogP contribution >= 0.6 is 0 Å². The van der Waals surface area contributed by atoms with Crippen molar-refractivity contribution in [1.29, 1.82) is 0 Å². The monoisotopic (exact) mass is 442 g/mol. The molecule has 0 aromatic carbocycles. The lowest BCUT2D eigenvalue weighted by atomic mass is 9.96. The molecule has 1 unspecified atom stereocenters. The normalized spacial score (nSPS) is 29.0. The number of alkyl halides is 3. The Balaban J connectivity index is 1.41. The predicted molar refractivity (Wildman–Crippen MR) is 106 cm³/mol. The number of nitrogens with zero attached hydrogens (tertiary/aromatic N) is 2. The molecule has 0 bridgehead atoms. The maximum Gasteiger partial charge on any atom is 0.422 e. The van der Waals surface area contributed by atoms with Crippen molar-refractivity contribution in [2.45, 2.75) is 63.8 Å². The fourth-order valence-electron chi connectivity index (χ4n) is 5.14. The largest absolute Gasteiger partial charge is 0.422 e. The van der Waals surface area contributed by atoms with Gasteiger partial charge in [-0.1, -0.05) is 6.92 Å². The van der Waals surface area contributed by atoms with Crippen molar-refractivity contribution in [3.63, 3.8) is 0 Å². The lowest BCUT2D eigenvalue weighted by Gasteiger charge is -2.32. The number of aromatic nitrogens is 1. The molecule has 2 aliphatic heterocycles. The summed E-state index contributed by atoms with van der Waals surface area (Å²) in [5.41, 5.74) is 0.428. The van der Waals surface area contributed by atoms with E-state index in [1.807, 2.05) is 0 Å². The molecule has 1 saturated carbocycles. The first-order valence-corrected chi connectivity index (χ1v) is 11.1. The molecule has 6 nitrogen and oxygen atoms in total. The highest BCUT2D eigenvalue weighted by atomic mass is 19.4. The van der Waals surface area contributed by atoms with E-state index in [1.165, 1.54) is 11.8 Å². The van der Waals surface area contributed by atoms with Crippen molar-refractivity contribution in [2.24, 2.45) is 11.8 Å². The van der Waals surface area contributed by atoms with Gasteiger partial charge < -0.3 is 15.0 Å². The lowest BCUT2D eigenvalue weighted by Crippen LogP contribution is -2.50. The van der Waals surface area contributed by atoms with Crippen LogP contribution in [0.3, 0.4) is 0 Å². The maximum absolute atomic E-state index is 13.3. The molecule has 0 spiro atoms. The summed E-state index contributed by atoms with van der Waals surface area (Å²) < 4.78 is 46.5. The zero-order chi connectivity index (χ0) is 22.2. The second-order valence-corrected chi connectivity index (χ2v) is 9.04. The van der Waals surface area contributed by atoms with Crippen LogP contribution in [0, 0.1) is 11.8 Å². The molecule has 1 aromatic heterocycles. The molecule has 1 N–H and O–H groups in total. The Morgan fingerprint density at radius 3 is 2.84 bits per heavy atom. The highest BCUT2D eigenvalue weighted by Gasteiger charge is 2.40. The highest BCUT2D eigenvalue weighted by molar-refractivity contribution is 5.79. The van der Waals surface area contributed by atoms with Crippen molar-refractivity contribution >= 4 is 5.91 Å². The zero-order valence-electron chi connectivity index (χ0n) is 18.1. The number of hydrogen-bond donors (Lipinski definition) is 1. The number of carbonyl (C=O) groups is 1. The Bertz CT molecular complexity index is 817. The number of carbonyl (C=O) groups excluding carboxylic acids is 1. The van der Waals surface area contributed by atoms with Crippen molar-refractivity contribution in [3.8, 4) is 0 Å². The maximum atomic E-state index is 13.3. The van der Waals surface area contributed by atoms with Crippen LogP contribution in [0.4, 0.5) is 13.2 Å². The van der Waals surface area contributed by atoms with Gasteiger partial charge in [-0.15, -0.1) is 0 Å². The number of nitrogens with one attached hydrogen (secondary N) is 1. The number of rotatable bonds is 4. The first kappa shape index (κ1) is 22.3. The third-order valence-electron chi connectivity index (χ3n) is 6.91. The average Bonchev–Trinajstić information content (AvgIpc) is 3.21. The van der Waals surface area contributed by atoms with Crippen LogP contribution in [0.5, 0.6) is 0 Å². The van der Waals surface area contributed by atoms with Crippen LogP contribution in [0.1, 0.15) is 49.4 Å². The van der Waals surface area contributed by atoms with Crippen molar-refractivity contribution < 1.29 is 32.3 Å². The first-order chi connectivity index (χ1) is 14.8. The predicted octanol–water partition coefficient (Wildman–Crippen LogP) is 2.12. The summed E-state index contributed by atoms with van der Waals surface area (Å²) in [5, 5.41) is 3.71. The first-order valence-electron chi connectivity index (χ1n) is 11.1. The van der Waals surface area contributed by atoms with E-state index in [0.29, 0.717) is 42.2 Å². The lowest BCUT2D eigenvalue weighted by molar-refractivity contribution is -0.891. The van der Waals surface area contributed by atoms with Crippen LogP contribution in [0.25, 0.3) is 0 Å². The van der Waals surface area contributed by atoms with Gasteiger partial charge in [0.1, 0.15) is 12.7 Å². The van der Waals surface area contributed by atoms with E-state index in [9.17, 15) is 18.0 Å². The van der Waals surface area contributed by atoms with E-state index < -0.39 is 11.7 Å². The smallest absolute Gasteiger partial charge is 0.381 e. The van der Waals surface area contributed by atoms with Gasteiger partial charge in [0.25, 0.3) is 0 Å². The van der Waals surface area contributed by atoms with Crippen LogP contribution in [0.2, 0.25) is 0 Å². The van der Waals surface area contributed by atoms with Gasteiger partial charge in [0, 0.05) is 41.4 Å². The summed E-state index contributed by atoms with van der Waals surface area (Å²) >= 11 is 0. The quantitative estimate of drug-likeness (QED) is 0.726. The Hall–Kier alpha value is -1.87. The fraction of sp³-hybridized carbons (Fsp3) is 0.727. The van der Waals surface area contributed by atoms with E-state index in [2.05, 4.69) is 12.2 Å². The van der Waals surface area contributed by atoms with Gasteiger partial charge in [-0.25, -0.2) is 0 Å². The Kier molecular flexibility index (Phi) is 6.44. The van der Waals surface area contributed by atoms with Crippen molar-refractivity contribution in [1.82, 2.24) is 10.2 Å². The molecular formula is C22H31F3N3O3+. The van der Waals surface area contributed by atoms with Gasteiger partial charge in [-0.2, -0.15) is 13.2 Å². The summed E-state index contributed by atoms with van der Waals surface area (Å²) in [7, 11) is 1.35. The van der Waals surface area contributed by atoms with Crippen molar-refractivity contribution in [2.75, 3.05) is 26.9 Å². The molecule has 3 heterocycles. The van der Waals surface area contributed by atoms with Gasteiger partial charge in [0.2, 0.25) is 17.8 Å². The van der Waals surface area contributed by atoms with E-state index in [1.54, 1.807) is 4.90 Å². The number of pyridine rings is 1. The second-order valence-electron chi connectivity index (χ2n) is 9.04. The third kappa shape index (κ3) is 4.82. The SMILES string of the molecule is CO[n+]1cc(C(F)(F)F)cc2c1CCN(C(=O)[C@H]1CCC(N[C@H]3CCOC[C@@H]3C)C1)C2. The molecule has 1 aromatic rings. The second kappa shape index (κ2) is 8.94. The van der Waals surface area contributed by atoms with Gasteiger partial charge >= 0.3 is 6.18 Å². The third-order valence-corrected chi connectivity index (χ3v) is 6.91. The van der Waals surface area contributed by atoms with Crippen LogP contribution in [-0.2, 0) is 28.7 Å². The van der Waals surface area contributed by atoms with Crippen LogP contribution in [-0.4, -0.2) is 49.8 Å². The summed E-state index contributed by atoms with van der Waals surface area (Å²) in [6, 6.07) is 1.87. The molecule has 1 saturated heterocycles. The fourth-order valence-corrected chi connectivity index (χ4v) is 5.14. The standard InChI is InChI=1S/C22H31F3N3O3/c1-14-13-31-8-6-19(14)26-18-4-3-15(10-18)21(29)27-7-5-20-16(11-27)9-17(22(23,24)25)12-28(20)30-2/h9,12,14-15,18-19,26H,3-8,10-11,13H2,1-2H3/q+1/t14-,15-,18?,19-/m0/s1. The molecule has 4 rings (SSSR count). The molecule has 4 atom stereocenters. The summed E-state index contributed by atoms with van der Waals surface area (Å²) in [4.78, 5) is 20.0. The average molecular weight is 443 g/mol. The van der Waals surface area contributed by atoms with Gasteiger partial charge in [-0.3, -0.25) is 9.63 Å². The molecule has 0 radical (unpaired) electrons. The van der Waals surface area contributed by atoms with E-state index in [-0.39, 0.29) is 18.4 Å². The molecular weight excluding hydrogens is 411 g/mol. The number of hydrogen-bond acceptors (Lipinski definition) is 4. The molecule has 31 heavy (non-hydrogen) atoms. The molecule has 9 heteroatoms. The minimum absolute atomic E-state index is 0.0522. The molecule has 2 fully saturated rings. The van der Waals surface area contributed by atoms with Gasteiger partial charge in [0.15, 0.2) is 0 Å². The Morgan fingerprint density at radius 2 is 2.13 bits per heavy atom. The number of ether oxygens (including phenoxy) is 1. The highest BCUT2D eigenvalue weighted by Crippen LogP contribution is 2.33. The number of amides is 1. The minimum Gasteiger partial charge on any atom is -0.381 e. The topological polar surface area (TPSA) is 54.7 Å². The van der Waals surface area contributed by atoms with Crippen LogP contribution < -0.4 is 14.9 Å². The van der Waals surface area contributed by atoms with Crippen LogP contribution in [0.15, 0.2) is 12.3 Å². The summed E-state index contributed by atoms with van der Waals surface area (Å²) in [6.45, 7) is 4.40. The number of halogens is 3. The molecule has 1 amide bonds. The molecule has 3 aliphatic rings. The van der Waals surface area contributed by atoms with E-state index in [4.69, 9.17) is 9.57 Å². The van der Waals surface area contributed by atoms with Gasteiger partial charge in [0.05, 0.1) is 19.6 Å². The Labute approximate surface area is 180 Å². The zero-order valence-corrected chi connectivity index (χ0v) is 18.1. The summed E-state index contributed by atoms with van der Waals surface area (Å²) in [6.07, 6.45) is 0.521. The van der Waals surface area contributed by atoms with Crippen molar-refractivity contribution in [3.05, 3.63) is 29.1 Å². The van der Waals surface area contributed by atoms with E-state index in [0.717, 1.165) is 51.2 Å². The van der Waals surface area contributed by atoms with Gasteiger partial charge in [-0.05, 0) is 37.7 Å². The molecule has 1 aliphatic carbocycles. The summed E-state index contributed by atoms with van der Waals surface area (Å²) in [5.74, 6) is 0.434.